The van der Waals surface area contributed by atoms with Crippen molar-refractivity contribution in [2.75, 3.05) is 6.61 Å². The number of hydrogen-bond acceptors (Lipinski definition) is 2. The van der Waals surface area contributed by atoms with Gasteiger partial charge in [-0.15, -0.1) is 0 Å². The lowest BCUT2D eigenvalue weighted by molar-refractivity contribution is -0.663. The van der Waals surface area contributed by atoms with E-state index in [2.05, 4.69) is 58.9 Å². The topological polar surface area (TPSA) is 58.1 Å². The minimum absolute atomic E-state index is 0. The van der Waals surface area contributed by atoms with Crippen LogP contribution in [0, 0.1) is 5.92 Å². The number of hydrogen-bond donors (Lipinski definition) is 2. The van der Waals surface area contributed by atoms with E-state index in [9.17, 15) is 9.90 Å². The molecule has 0 aliphatic heterocycles. The van der Waals surface area contributed by atoms with E-state index in [-0.39, 0.29) is 35.5 Å². The van der Waals surface area contributed by atoms with E-state index in [4.69, 9.17) is 0 Å². The van der Waals surface area contributed by atoms with Crippen LogP contribution < -0.4 is 26.9 Å². The minimum atomic E-state index is -0.170. The van der Waals surface area contributed by atoms with Gasteiger partial charge in [0.2, 0.25) is 12.2 Å². The Kier molecular flexibility index (Phi) is 8.86. The van der Waals surface area contributed by atoms with E-state index in [1.165, 1.54) is 5.56 Å². The summed E-state index contributed by atoms with van der Waals surface area (Å²) in [5.74, 6) is 0.412. The van der Waals surface area contributed by atoms with E-state index in [0.29, 0.717) is 18.9 Å². The molecule has 1 aromatic heterocycles. The number of rotatable bonds is 9. The van der Waals surface area contributed by atoms with Gasteiger partial charge >= 0.3 is 0 Å². The molecule has 5 nitrogen and oxygen atoms in total. The second-order valence-electron chi connectivity index (χ2n) is 7.74. The zero-order valence-corrected chi connectivity index (χ0v) is 18.7. The van der Waals surface area contributed by atoms with Crippen molar-refractivity contribution in [2.45, 2.75) is 45.8 Å². The van der Waals surface area contributed by atoms with Gasteiger partial charge in [0.1, 0.15) is 6.54 Å². The molecule has 0 aliphatic carbocycles. The van der Waals surface area contributed by atoms with Gasteiger partial charge < -0.3 is 27.4 Å². The molecule has 156 valence electrons. The summed E-state index contributed by atoms with van der Waals surface area (Å²) in [5, 5.41) is 12.4. The zero-order valence-electron chi connectivity index (χ0n) is 17.1. The van der Waals surface area contributed by atoms with Gasteiger partial charge in [-0.1, -0.05) is 56.3 Å². The lowest BCUT2D eigenvalue weighted by Gasteiger charge is -2.17. The van der Waals surface area contributed by atoms with Crippen LogP contribution in [0.25, 0.3) is 11.0 Å². The largest absolute Gasteiger partial charge is 1.00 e. The highest BCUT2D eigenvalue weighted by molar-refractivity contribution is 5.77. The van der Waals surface area contributed by atoms with Crippen LogP contribution in [0.15, 0.2) is 60.9 Å². The Morgan fingerprint density at radius 2 is 1.79 bits per heavy atom. The van der Waals surface area contributed by atoms with Gasteiger partial charge in [-0.2, -0.15) is 0 Å². The third kappa shape index (κ3) is 6.41. The summed E-state index contributed by atoms with van der Waals surface area (Å²) >= 11 is 0. The number of halogens is 1. The smallest absolute Gasteiger partial charge is 0.245 e. The van der Waals surface area contributed by atoms with E-state index in [1.54, 1.807) is 0 Å². The van der Waals surface area contributed by atoms with Crippen molar-refractivity contribution < 1.29 is 31.4 Å². The molecule has 0 radical (unpaired) electrons. The Balaban J connectivity index is 0.00000300. The van der Waals surface area contributed by atoms with Gasteiger partial charge in [0.05, 0.1) is 25.6 Å². The quantitative estimate of drug-likeness (QED) is 0.438. The van der Waals surface area contributed by atoms with Crippen molar-refractivity contribution in [3.63, 3.8) is 0 Å². The van der Waals surface area contributed by atoms with Crippen LogP contribution in [0.5, 0.6) is 0 Å². The number of aromatic nitrogens is 2. The second kappa shape index (κ2) is 11.1. The van der Waals surface area contributed by atoms with Gasteiger partial charge in [0.15, 0.2) is 11.0 Å². The molecule has 1 amide bonds. The van der Waals surface area contributed by atoms with Crippen molar-refractivity contribution in [3.8, 4) is 0 Å². The first-order chi connectivity index (χ1) is 13.6. The number of aliphatic hydroxyl groups excluding tert-OH is 1. The molecular weight excluding hydrogens is 430 g/mol. The minimum Gasteiger partial charge on any atom is -1.00 e. The normalized spacial score (nSPS) is 12.0. The summed E-state index contributed by atoms with van der Waals surface area (Å²) in [7, 11) is 0. The number of carbonyl (C=O) groups is 1. The predicted molar refractivity (Wildman–Crippen MR) is 111 cm³/mol. The maximum atomic E-state index is 12.4. The molecule has 2 aromatic carbocycles. The highest BCUT2D eigenvalue weighted by Gasteiger charge is 2.18. The molecule has 0 saturated heterocycles. The van der Waals surface area contributed by atoms with Crippen LogP contribution in [0.4, 0.5) is 0 Å². The third-order valence-corrected chi connectivity index (χ3v) is 4.90. The number of amides is 1. The van der Waals surface area contributed by atoms with Crippen molar-refractivity contribution in [3.05, 3.63) is 66.5 Å². The highest BCUT2D eigenvalue weighted by atomic mass is 79.9. The Labute approximate surface area is 183 Å². The molecule has 0 aliphatic rings. The molecule has 2 N–H and O–H groups in total. The van der Waals surface area contributed by atoms with Crippen molar-refractivity contribution in [1.82, 2.24) is 9.88 Å². The molecule has 0 saturated carbocycles. The zero-order chi connectivity index (χ0) is 19.9. The molecule has 0 bridgehead atoms. The number of benzene rings is 2. The summed E-state index contributed by atoms with van der Waals surface area (Å²) in [4.78, 5) is 12.4. The maximum absolute atomic E-state index is 12.4. The van der Waals surface area contributed by atoms with Crippen LogP contribution in [0.1, 0.15) is 32.3 Å². The van der Waals surface area contributed by atoms with Gasteiger partial charge in [0.25, 0.3) is 0 Å². The lowest BCUT2D eigenvalue weighted by Crippen LogP contribution is -3.00. The first kappa shape index (κ1) is 23.1. The highest BCUT2D eigenvalue weighted by Crippen LogP contribution is 2.13. The van der Waals surface area contributed by atoms with Gasteiger partial charge in [0, 0.05) is 0 Å². The Hall–Kier alpha value is -2.18. The number of aryl methyl sites for hydroxylation is 1. The summed E-state index contributed by atoms with van der Waals surface area (Å²) in [5.41, 5.74) is 3.51. The number of fused-ring (bicyclic) bond motifs is 1. The fraction of sp³-hybridized carbons (Fsp3) is 0.391. The molecule has 1 heterocycles. The van der Waals surface area contributed by atoms with E-state index < -0.39 is 0 Å². The average molecular weight is 460 g/mol. The molecule has 1 atom stereocenters. The SMILES string of the molecule is CC(C)C[C@@H](CO)NC(=O)CCn1c[n+](Cc2ccccc2)c2ccccc21.[Br-]. The van der Waals surface area contributed by atoms with Gasteiger partial charge in [-0.3, -0.25) is 4.79 Å². The maximum Gasteiger partial charge on any atom is 0.245 e. The monoisotopic (exact) mass is 459 g/mol. The van der Waals surface area contributed by atoms with Gasteiger partial charge in [-0.25, -0.2) is 9.13 Å². The Morgan fingerprint density at radius 1 is 1.10 bits per heavy atom. The van der Waals surface area contributed by atoms with Crippen LogP contribution in [0.3, 0.4) is 0 Å². The van der Waals surface area contributed by atoms with E-state index in [0.717, 1.165) is 24.0 Å². The van der Waals surface area contributed by atoms with Crippen molar-refractivity contribution >= 4 is 16.9 Å². The van der Waals surface area contributed by atoms with Crippen LogP contribution in [-0.2, 0) is 17.9 Å². The second-order valence-corrected chi connectivity index (χ2v) is 7.74. The standard InChI is InChI=1S/C23H29N3O2.BrH/c1-18(2)14-20(16-27)24-23(28)12-13-25-17-26(15-19-8-4-3-5-9-19)22-11-7-6-10-21(22)25;/h3-11,17-18,20,27H,12-16H2,1-2H3;1H/t20-;/m0./s1. The van der Waals surface area contributed by atoms with E-state index in [1.807, 2.05) is 30.3 Å². The third-order valence-electron chi connectivity index (χ3n) is 4.90. The van der Waals surface area contributed by atoms with Crippen LogP contribution >= 0.6 is 0 Å². The molecule has 6 heteroatoms. The first-order valence-electron chi connectivity index (χ1n) is 9.98. The molecule has 0 spiro atoms. The summed E-state index contributed by atoms with van der Waals surface area (Å²) < 4.78 is 4.35. The predicted octanol–water partition coefficient (Wildman–Crippen LogP) is -0.106. The molecule has 29 heavy (non-hydrogen) atoms. The number of imidazole rings is 1. The summed E-state index contributed by atoms with van der Waals surface area (Å²) in [6.45, 7) is 5.56. The average Bonchev–Trinajstić information content (AvgIpc) is 3.04. The van der Waals surface area contributed by atoms with Gasteiger partial charge in [-0.05, 0) is 30.0 Å². The molecule has 0 fully saturated rings. The fourth-order valence-electron chi connectivity index (χ4n) is 3.60. The lowest BCUT2D eigenvalue weighted by atomic mass is 10.0. The molecular formula is C23H30BrN3O2. The van der Waals surface area contributed by atoms with E-state index >= 15 is 0 Å². The summed E-state index contributed by atoms with van der Waals surface area (Å²) in [6, 6.07) is 18.5. The first-order valence-corrected chi connectivity index (χ1v) is 9.98. The number of nitrogens with zero attached hydrogens (tertiary/aromatic N) is 2. The number of aliphatic hydroxyl groups is 1. The Morgan fingerprint density at radius 3 is 2.48 bits per heavy atom. The van der Waals surface area contributed by atoms with Crippen LogP contribution in [0.2, 0.25) is 0 Å². The number of nitrogens with one attached hydrogen (secondary N) is 1. The molecule has 0 unspecified atom stereocenters. The van der Waals surface area contributed by atoms with Crippen molar-refractivity contribution in [1.29, 1.82) is 0 Å². The molecule has 3 rings (SSSR count). The van der Waals surface area contributed by atoms with Crippen LogP contribution in [-0.4, -0.2) is 28.2 Å². The number of carbonyl (C=O) groups excluding carboxylic acids is 1. The van der Waals surface area contributed by atoms with Crippen molar-refractivity contribution in [2.24, 2.45) is 5.92 Å². The summed E-state index contributed by atoms with van der Waals surface area (Å²) in [6.07, 6.45) is 3.26. The fourth-order valence-corrected chi connectivity index (χ4v) is 3.60. The number of para-hydroxylation sites is 2. The Bertz CT molecular complexity index is 909. The molecule has 3 aromatic rings.